The molecule has 7 nitrogen and oxygen atoms in total. The highest BCUT2D eigenvalue weighted by Crippen LogP contribution is 2.24. The average Bonchev–Trinajstić information content (AvgIpc) is 3.06. The molecule has 1 aromatic heterocycles. The van der Waals surface area contributed by atoms with E-state index in [4.69, 9.17) is 4.74 Å². The van der Waals surface area contributed by atoms with Crippen LogP contribution in [0.4, 0.5) is 0 Å². The molecule has 0 spiro atoms. The fraction of sp³-hybridized carbons (Fsp3) is 0.786. The minimum atomic E-state index is -3.44. The summed E-state index contributed by atoms with van der Waals surface area (Å²) < 4.78 is 34.2. The number of aromatic nitrogens is 2. The van der Waals surface area contributed by atoms with Gasteiger partial charge in [0.15, 0.2) is 0 Å². The van der Waals surface area contributed by atoms with Crippen LogP contribution >= 0.6 is 0 Å². The lowest BCUT2D eigenvalue weighted by molar-refractivity contribution is 0.0662. The first-order valence-electron chi connectivity index (χ1n) is 7.90. The Morgan fingerprint density at radius 3 is 2.82 bits per heavy atom. The van der Waals surface area contributed by atoms with Gasteiger partial charge in [-0.05, 0) is 32.7 Å². The highest BCUT2D eigenvalue weighted by atomic mass is 32.2. The predicted octanol–water partition coefficient (Wildman–Crippen LogP) is 0.607. The van der Waals surface area contributed by atoms with Gasteiger partial charge in [-0.3, -0.25) is 4.68 Å². The van der Waals surface area contributed by atoms with E-state index in [0.717, 1.165) is 25.7 Å². The predicted molar refractivity (Wildman–Crippen MR) is 82.2 cm³/mol. The van der Waals surface area contributed by atoms with Crippen LogP contribution < -0.4 is 5.32 Å². The van der Waals surface area contributed by atoms with Crippen molar-refractivity contribution in [3.8, 4) is 0 Å². The summed E-state index contributed by atoms with van der Waals surface area (Å²) in [5.41, 5.74) is 0. The summed E-state index contributed by atoms with van der Waals surface area (Å²) in [6, 6.07) is 0.471. The number of rotatable bonds is 4. The largest absolute Gasteiger partial charge is 0.381 e. The van der Waals surface area contributed by atoms with Crippen molar-refractivity contribution in [1.29, 1.82) is 0 Å². The zero-order chi connectivity index (χ0) is 15.6. The monoisotopic (exact) mass is 328 g/mol. The summed E-state index contributed by atoms with van der Waals surface area (Å²) in [7, 11) is -1.57. The molecule has 3 heterocycles. The van der Waals surface area contributed by atoms with Crippen molar-refractivity contribution in [2.75, 3.05) is 33.4 Å². The van der Waals surface area contributed by atoms with E-state index in [2.05, 4.69) is 10.4 Å². The van der Waals surface area contributed by atoms with Gasteiger partial charge >= 0.3 is 0 Å². The van der Waals surface area contributed by atoms with Crippen LogP contribution in [0, 0.1) is 0 Å². The van der Waals surface area contributed by atoms with E-state index < -0.39 is 10.0 Å². The van der Waals surface area contributed by atoms with Crippen molar-refractivity contribution >= 4 is 10.0 Å². The van der Waals surface area contributed by atoms with Crippen molar-refractivity contribution in [3.05, 3.63) is 12.4 Å². The summed E-state index contributed by atoms with van der Waals surface area (Å²) in [6.07, 6.45) is 6.82. The Morgan fingerprint density at radius 2 is 2.09 bits per heavy atom. The smallest absolute Gasteiger partial charge is 0.246 e. The maximum Gasteiger partial charge on any atom is 0.246 e. The van der Waals surface area contributed by atoms with Crippen LogP contribution in [-0.4, -0.2) is 61.9 Å². The van der Waals surface area contributed by atoms with Crippen LogP contribution in [0.2, 0.25) is 0 Å². The Labute approximate surface area is 131 Å². The third kappa shape index (κ3) is 3.19. The Hall–Kier alpha value is -0.960. The van der Waals surface area contributed by atoms with E-state index in [9.17, 15) is 8.42 Å². The van der Waals surface area contributed by atoms with Gasteiger partial charge in [0.25, 0.3) is 0 Å². The van der Waals surface area contributed by atoms with Crippen molar-refractivity contribution in [2.24, 2.45) is 0 Å². The fourth-order valence-corrected chi connectivity index (χ4v) is 4.61. The number of ether oxygens (including phenoxy) is 1. The molecular weight excluding hydrogens is 304 g/mol. The van der Waals surface area contributed by atoms with Crippen LogP contribution in [0.5, 0.6) is 0 Å². The maximum atomic E-state index is 12.8. The van der Waals surface area contributed by atoms with Gasteiger partial charge < -0.3 is 10.1 Å². The molecule has 124 valence electrons. The van der Waals surface area contributed by atoms with Gasteiger partial charge in [0.2, 0.25) is 10.0 Å². The van der Waals surface area contributed by atoms with Crippen molar-refractivity contribution in [1.82, 2.24) is 19.4 Å². The molecule has 0 aliphatic carbocycles. The number of hydrogen-bond donors (Lipinski definition) is 1. The molecule has 2 fully saturated rings. The fourth-order valence-electron chi connectivity index (χ4n) is 3.15. The summed E-state index contributed by atoms with van der Waals surface area (Å²) in [5, 5.41) is 7.45. The third-order valence-corrected chi connectivity index (χ3v) is 6.39. The molecule has 3 rings (SSSR count). The first-order valence-corrected chi connectivity index (χ1v) is 9.34. The molecule has 2 aliphatic heterocycles. The van der Waals surface area contributed by atoms with Gasteiger partial charge in [0, 0.05) is 38.5 Å². The Morgan fingerprint density at radius 1 is 1.32 bits per heavy atom. The van der Waals surface area contributed by atoms with Crippen molar-refractivity contribution < 1.29 is 13.2 Å². The van der Waals surface area contributed by atoms with Crippen LogP contribution in [0.3, 0.4) is 0 Å². The van der Waals surface area contributed by atoms with Gasteiger partial charge in [-0.1, -0.05) is 0 Å². The van der Waals surface area contributed by atoms with Crippen LogP contribution in [-0.2, 0) is 14.8 Å². The molecule has 1 unspecified atom stereocenters. The zero-order valence-electron chi connectivity index (χ0n) is 12.9. The maximum absolute atomic E-state index is 12.8. The van der Waals surface area contributed by atoms with Gasteiger partial charge in [-0.25, -0.2) is 8.42 Å². The zero-order valence-corrected chi connectivity index (χ0v) is 13.8. The molecule has 1 aromatic rings. The normalized spacial score (nSPS) is 25.4. The molecule has 0 saturated carbocycles. The number of sulfonamides is 1. The summed E-state index contributed by atoms with van der Waals surface area (Å²) >= 11 is 0. The lowest BCUT2D eigenvalue weighted by atomic mass is 10.1. The SMILES string of the molecule is CNC1CCCN(S(=O)(=O)c2cnn(C3CCOCC3)c2)C1. The molecular formula is C14H24N4O3S. The minimum Gasteiger partial charge on any atom is -0.381 e. The van der Waals surface area contributed by atoms with Gasteiger partial charge in [-0.15, -0.1) is 0 Å². The number of nitrogens with one attached hydrogen (secondary N) is 1. The van der Waals surface area contributed by atoms with Crippen molar-refractivity contribution in [3.63, 3.8) is 0 Å². The minimum absolute atomic E-state index is 0.231. The quantitative estimate of drug-likeness (QED) is 0.876. The molecule has 8 heteroatoms. The van der Waals surface area contributed by atoms with E-state index in [1.165, 1.54) is 6.20 Å². The van der Waals surface area contributed by atoms with Crippen molar-refractivity contribution in [2.45, 2.75) is 42.7 Å². The first-order chi connectivity index (χ1) is 10.6. The molecule has 2 aliphatic rings. The highest BCUT2D eigenvalue weighted by Gasteiger charge is 2.31. The summed E-state index contributed by atoms with van der Waals surface area (Å²) in [5.74, 6) is 0. The Bertz CT molecular complexity index is 595. The number of hydrogen-bond acceptors (Lipinski definition) is 5. The number of nitrogens with zero attached hydrogens (tertiary/aromatic N) is 3. The average molecular weight is 328 g/mol. The molecule has 2 saturated heterocycles. The van der Waals surface area contributed by atoms with Crippen LogP contribution in [0.25, 0.3) is 0 Å². The van der Waals surface area contributed by atoms with Gasteiger partial charge in [-0.2, -0.15) is 9.40 Å². The van der Waals surface area contributed by atoms with E-state index in [0.29, 0.717) is 31.2 Å². The van der Waals surface area contributed by atoms with E-state index in [-0.39, 0.29) is 12.1 Å². The molecule has 1 N–H and O–H groups in total. The van der Waals surface area contributed by atoms with Crippen LogP contribution in [0.15, 0.2) is 17.3 Å². The second kappa shape index (κ2) is 6.66. The van der Waals surface area contributed by atoms with E-state index >= 15 is 0 Å². The van der Waals surface area contributed by atoms with E-state index in [1.54, 1.807) is 15.2 Å². The molecule has 1 atom stereocenters. The molecule has 22 heavy (non-hydrogen) atoms. The second-order valence-electron chi connectivity index (χ2n) is 5.99. The number of piperidine rings is 1. The lowest BCUT2D eigenvalue weighted by Crippen LogP contribution is -2.46. The number of likely N-dealkylation sites (N-methyl/N-ethyl adjacent to an activating group) is 1. The van der Waals surface area contributed by atoms with Gasteiger partial charge in [0.05, 0.1) is 12.2 Å². The summed E-state index contributed by atoms with van der Waals surface area (Å²) in [4.78, 5) is 0.302. The standard InChI is InChI=1S/C14H24N4O3S/c1-15-12-3-2-6-17(10-12)22(19,20)14-9-16-18(11-14)13-4-7-21-8-5-13/h9,11-13,15H,2-8,10H2,1H3. The van der Waals surface area contributed by atoms with Gasteiger partial charge in [0.1, 0.15) is 4.90 Å². The van der Waals surface area contributed by atoms with E-state index in [1.807, 2.05) is 7.05 Å². The van der Waals surface area contributed by atoms with Crippen LogP contribution in [0.1, 0.15) is 31.7 Å². The molecule has 0 amide bonds. The molecule has 0 radical (unpaired) electrons. The second-order valence-corrected chi connectivity index (χ2v) is 7.93. The third-order valence-electron chi connectivity index (χ3n) is 4.57. The Kier molecular flexibility index (Phi) is 4.82. The summed E-state index contributed by atoms with van der Waals surface area (Å²) in [6.45, 7) is 2.54. The highest BCUT2D eigenvalue weighted by molar-refractivity contribution is 7.89. The topological polar surface area (TPSA) is 76.5 Å². The lowest BCUT2D eigenvalue weighted by Gasteiger charge is -2.31. The molecule has 0 bridgehead atoms. The molecule has 0 aromatic carbocycles. The first kappa shape index (κ1) is 15.9. The Balaban J connectivity index is 1.76.